The molecule has 82 valence electrons. The second kappa shape index (κ2) is 4.62. The molecule has 1 rings (SSSR count). The second-order valence-electron chi connectivity index (χ2n) is 3.14. The van der Waals surface area contributed by atoms with Gasteiger partial charge in [-0.1, -0.05) is 18.5 Å². The molecule has 0 unspecified atom stereocenters. The largest absolute Gasteiger partial charge is 0.496 e. The van der Waals surface area contributed by atoms with Crippen molar-refractivity contribution in [3.63, 3.8) is 0 Å². The van der Waals surface area contributed by atoms with Crippen LogP contribution in [0.3, 0.4) is 0 Å². The normalized spacial score (nSPS) is 10.2. The van der Waals surface area contributed by atoms with E-state index in [0.717, 1.165) is 0 Å². The van der Waals surface area contributed by atoms with Gasteiger partial charge < -0.3 is 4.74 Å². The Labute approximate surface area is 93.0 Å². The number of methoxy groups -OCH3 is 1. The Morgan fingerprint density at radius 2 is 2.20 bits per heavy atom. The van der Waals surface area contributed by atoms with Crippen molar-refractivity contribution in [1.29, 1.82) is 0 Å². The number of rotatable bonds is 3. The third kappa shape index (κ3) is 2.12. The van der Waals surface area contributed by atoms with Gasteiger partial charge in [-0.15, -0.1) is 0 Å². The summed E-state index contributed by atoms with van der Waals surface area (Å²) >= 11 is 5.69. The second-order valence-corrected chi connectivity index (χ2v) is 3.55. The van der Waals surface area contributed by atoms with Crippen molar-refractivity contribution in [3.8, 4) is 5.75 Å². The van der Waals surface area contributed by atoms with Crippen molar-refractivity contribution in [2.75, 3.05) is 7.11 Å². The van der Waals surface area contributed by atoms with Crippen LogP contribution >= 0.6 is 11.6 Å². The van der Waals surface area contributed by atoms with Gasteiger partial charge in [0.05, 0.1) is 17.7 Å². The highest BCUT2D eigenvalue weighted by molar-refractivity contribution is 6.31. The Kier molecular flexibility index (Phi) is 3.69. The van der Waals surface area contributed by atoms with Crippen molar-refractivity contribution >= 4 is 17.4 Å². The molecular formula is C11H12ClFO2. The Balaban J connectivity index is 3.54. The molecule has 1 aromatic rings. The molecule has 0 aliphatic heterocycles. The number of halogens is 2. The lowest BCUT2D eigenvalue weighted by atomic mass is 10.0. The molecule has 0 fully saturated rings. The molecule has 0 aliphatic rings. The molecule has 0 saturated carbocycles. The third-order valence-corrected chi connectivity index (χ3v) is 2.48. The van der Waals surface area contributed by atoms with E-state index >= 15 is 0 Å². The van der Waals surface area contributed by atoms with Gasteiger partial charge in [-0.05, 0) is 19.4 Å². The zero-order valence-electron chi connectivity index (χ0n) is 8.86. The van der Waals surface area contributed by atoms with Crippen LogP contribution in [-0.4, -0.2) is 12.9 Å². The van der Waals surface area contributed by atoms with Crippen LogP contribution in [0.15, 0.2) is 6.07 Å². The molecule has 0 spiro atoms. The number of hydrogen-bond acceptors (Lipinski definition) is 2. The van der Waals surface area contributed by atoms with Crippen LogP contribution in [0.2, 0.25) is 5.02 Å². The maximum atomic E-state index is 13.6. The lowest BCUT2D eigenvalue weighted by Gasteiger charge is -2.12. The van der Waals surface area contributed by atoms with Crippen molar-refractivity contribution < 1.29 is 13.9 Å². The summed E-state index contributed by atoms with van der Waals surface area (Å²) in [6.45, 7) is 3.17. The quantitative estimate of drug-likeness (QED) is 0.745. The van der Waals surface area contributed by atoms with Crippen LogP contribution in [0.1, 0.15) is 29.8 Å². The first-order chi connectivity index (χ1) is 7.02. The van der Waals surface area contributed by atoms with E-state index in [9.17, 15) is 9.18 Å². The van der Waals surface area contributed by atoms with Gasteiger partial charge >= 0.3 is 0 Å². The van der Waals surface area contributed by atoms with Gasteiger partial charge in [0.1, 0.15) is 11.6 Å². The monoisotopic (exact) mass is 230 g/mol. The summed E-state index contributed by atoms with van der Waals surface area (Å²) in [6.07, 6.45) is 0.426. The van der Waals surface area contributed by atoms with E-state index in [0.29, 0.717) is 17.5 Å². The molecule has 0 atom stereocenters. The zero-order chi connectivity index (χ0) is 11.6. The first-order valence-corrected chi connectivity index (χ1v) is 4.96. The predicted molar refractivity (Wildman–Crippen MR) is 57.3 cm³/mol. The van der Waals surface area contributed by atoms with E-state index in [2.05, 4.69) is 0 Å². The number of hydrogen-bond donors (Lipinski definition) is 0. The number of carbonyl (C=O) groups excluding carboxylic acids is 1. The number of ketones is 1. The highest BCUT2D eigenvalue weighted by Crippen LogP contribution is 2.32. The van der Waals surface area contributed by atoms with Crippen molar-refractivity contribution in [1.82, 2.24) is 0 Å². The number of ether oxygens (including phenoxy) is 1. The van der Waals surface area contributed by atoms with E-state index in [1.54, 1.807) is 6.92 Å². The SMILES string of the molecule is CCc1c(F)c(Cl)cc(C(C)=O)c1OC. The van der Waals surface area contributed by atoms with E-state index in [4.69, 9.17) is 16.3 Å². The minimum Gasteiger partial charge on any atom is -0.496 e. The van der Waals surface area contributed by atoms with Crippen LogP contribution in [0.5, 0.6) is 5.75 Å². The first-order valence-electron chi connectivity index (χ1n) is 4.58. The summed E-state index contributed by atoms with van der Waals surface area (Å²) in [5.41, 5.74) is 0.663. The first kappa shape index (κ1) is 12.0. The maximum absolute atomic E-state index is 13.6. The molecule has 0 bridgehead atoms. The van der Waals surface area contributed by atoms with Gasteiger partial charge in [0.25, 0.3) is 0 Å². The summed E-state index contributed by atoms with van der Waals surface area (Å²) in [7, 11) is 1.41. The minimum absolute atomic E-state index is 0.0437. The minimum atomic E-state index is -0.513. The van der Waals surface area contributed by atoms with Gasteiger partial charge in [-0.2, -0.15) is 0 Å². The smallest absolute Gasteiger partial charge is 0.163 e. The van der Waals surface area contributed by atoms with Crippen LogP contribution in [0.4, 0.5) is 4.39 Å². The molecule has 0 aromatic heterocycles. The fraction of sp³-hybridized carbons (Fsp3) is 0.364. The average molecular weight is 231 g/mol. The lowest BCUT2D eigenvalue weighted by molar-refractivity contribution is 0.101. The molecule has 15 heavy (non-hydrogen) atoms. The Hall–Kier alpha value is -1.09. The van der Waals surface area contributed by atoms with Gasteiger partial charge in [-0.3, -0.25) is 4.79 Å². The highest BCUT2D eigenvalue weighted by Gasteiger charge is 2.18. The van der Waals surface area contributed by atoms with E-state index in [1.165, 1.54) is 20.1 Å². The molecule has 0 radical (unpaired) electrons. The fourth-order valence-electron chi connectivity index (χ4n) is 1.47. The Morgan fingerprint density at radius 3 is 2.60 bits per heavy atom. The Bertz CT molecular complexity index is 402. The molecule has 0 aliphatic carbocycles. The molecule has 1 aromatic carbocycles. The van der Waals surface area contributed by atoms with Crippen molar-refractivity contribution in [2.45, 2.75) is 20.3 Å². The topological polar surface area (TPSA) is 26.3 Å². The summed E-state index contributed by atoms with van der Waals surface area (Å²) < 4.78 is 18.6. The van der Waals surface area contributed by atoms with Crippen molar-refractivity contribution in [3.05, 3.63) is 28.0 Å². The van der Waals surface area contributed by atoms with Crippen LogP contribution in [-0.2, 0) is 6.42 Å². The molecule has 0 amide bonds. The van der Waals surface area contributed by atoms with E-state index < -0.39 is 5.82 Å². The lowest BCUT2D eigenvalue weighted by Crippen LogP contribution is -2.04. The van der Waals surface area contributed by atoms with Gasteiger partial charge in [0.2, 0.25) is 0 Å². The van der Waals surface area contributed by atoms with Gasteiger partial charge in [0.15, 0.2) is 5.78 Å². The molecule has 0 N–H and O–H groups in total. The van der Waals surface area contributed by atoms with Crippen LogP contribution in [0, 0.1) is 5.82 Å². The van der Waals surface area contributed by atoms with E-state index in [1.807, 2.05) is 0 Å². The fourth-order valence-corrected chi connectivity index (χ4v) is 1.70. The van der Waals surface area contributed by atoms with Gasteiger partial charge in [0, 0.05) is 5.56 Å². The summed E-state index contributed by atoms with van der Waals surface area (Å²) in [6, 6.07) is 1.30. The van der Waals surface area contributed by atoms with Crippen LogP contribution in [0.25, 0.3) is 0 Å². The maximum Gasteiger partial charge on any atom is 0.163 e. The Morgan fingerprint density at radius 1 is 1.60 bits per heavy atom. The zero-order valence-corrected chi connectivity index (χ0v) is 9.61. The third-order valence-electron chi connectivity index (χ3n) is 2.20. The molecule has 0 saturated heterocycles. The van der Waals surface area contributed by atoms with Gasteiger partial charge in [-0.25, -0.2) is 4.39 Å². The van der Waals surface area contributed by atoms with Crippen LogP contribution < -0.4 is 4.74 Å². The molecule has 2 nitrogen and oxygen atoms in total. The number of carbonyl (C=O) groups is 1. The highest BCUT2D eigenvalue weighted by atomic mass is 35.5. The number of Topliss-reactive ketones (excluding diaryl/α,β-unsaturated/α-hetero) is 1. The summed E-state index contributed by atoms with van der Waals surface area (Å²) in [5, 5.41) is -0.0437. The van der Waals surface area contributed by atoms with E-state index in [-0.39, 0.29) is 16.6 Å². The average Bonchev–Trinajstić information content (AvgIpc) is 2.20. The summed E-state index contributed by atoms with van der Waals surface area (Å²) in [4.78, 5) is 11.3. The number of benzene rings is 1. The molecule has 0 heterocycles. The van der Waals surface area contributed by atoms with Crippen molar-refractivity contribution in [2.24, 2.45) is 0 Å². The summed E-state index contributed by atoms with van der Waals surface area (Å²) in [5.74, 6) is -0.420. The standard InChI is InChI=1S/C11H12ClFO2/c1-4-7-10(13)9(12)5-8(6(2)14)11(7)15-3/h5H,4H2,1-3H3. The molecular weight excluding hydrogens is 219 g/mol. The predicted octanol–water partition coefficient (Wildman–Crippen LogP) is 3.25. The molecule has 4 heteroatoms.